The third kappa shape index (κ3) is 1.44. The lowest BCUT2D eigenvalue weighted by atomic mass is 10.1. The molecule has 0 bridgehead atoms. The molecule has 1 aromatic carbocycles. The van der Waals surface area contributed by atoms with Crippen LogP contribution in [0.25, 0.3) is 0 Å². The molecule has 70 valence electrons. The van der Waals surface area contributed by atoms with E-state index in [4.69, 9.17) is 5.11 Å². The molecule has 0 radical (unpaired) electrons. The first kappa shape index (κ1) is 8.97. The van der Waals surface area contributed by atoms with Crippen LogP contribution in [0.1, 0.15) is 18.4 Å². The zero-order valence-electron chi connectivity index (χ0n) is 6.72. The van der Waals surface area contributed by atoms with Gasteiger partial charge in [0.05, 0.1) is 10.1 Å². The monoisotopic (exact) mass is 246 g/mol. The second-order valence-electron chi connectivity index (χ2n) is 3.32. The van der Waals surface area contributed by atoms with Gasteiger partial charge in [0, 0.05) is 0 Å². The maximum atomic E-state index is 12.9. The molecule has 2 rings (SSSR count). The first-order valence-electron chi connectivity index (χ1n) is 3.94. The molecule has 0 heterocycles. The van der Waals surface area contributed by atoms with Crippen LogP contribution < -0.4 is 0 Å². The number of halogens is 2. The molecule has 1 aromatic rings. The van der Waals surface area contributed by atoms with E-state index in [1.54, 1.807) is 0 Å². The van der Waals surface area contributed by atoms with E-state index in [0.717, 1.165) is 0 Å². The lowest BCUT2D eigenvalue weighted by Crippen LogP contribution is -2.04. The van der Waals surface area contributed by atoms with Gasteiger partial charge in [0.1, 0.15) is 0 Å². The van der Waals surface area contributed by atoms with Crippen molar-refractivity contribution < 1.29 is 14.6 Å². The Kier molecular flexibility index (Phi) is 1.85. The Morgan fingerprint density at radius 1 is 1.38 bits per heavy atom. The highest BCUT2D eigenvalue weighted by Crippen LogP contribution is 2.47. The largest absolute Gasteiger partial charge is 0.505 e. The van der Waals surface area contributed by atoms with E-state index in [9.17, 15) is 9.50 Å². The molecular formula is C9H8BrFO2. The molecule has 2 N–H and O–H groups in total. The van der Waals surface area contributed by atoms with E-state index in [2.05, 4.69) is 15.9 Å². The number of phenolic OH excluding ortho intramolecular Hbond substituents is 1. The molecule has 2 nitrogen and oxygen atoms in total. The second-order valence-corrected chi connectivity index (χ2v) is 4.18. The van der Waals surface area contributed by atoms with Crippen LogP contribution in [0.3, 0.4) is 0 Å². The molecule has 1 aliphatic rings. The van der Waals surface area contributed by atoms with Crippen molar-refractivity contribution in [3.05, 3.63) is 28.0 Å². The highest BCUT2D eigenvalue weighted by molar-refractivity contribution is 9.10. The molecule has 13 heavy (non-hydrogen) atoms. The fourth-order valence-corrected chi connectivity index (χ4v) is 1.70. The van der Waals surface area contributed by atoms with Gasteiger partial charge in [-0.05, 0) is 46.5 Å². The molecule has 1 saturated carbocycles. The number of rotatable bonds is 1. The van der Waals surface area contributed by atoms with Crippen molar-refractivity contribution in [2.45, 2.75) is 18.4 Å². The topological polar surface area (TPSA) is 40.5 Å². The standard InChI is InChI=1S/C9H8BrFO2/c10-6-3-5(9(13)1-2-9)4-7(12)8(6)11/h3-4,12-13H,1-2H2. The summed E-state index contributed by atoms with van der Waals surface area (Å²) in [6, 6.07) is 2.77. The number of hydrogen-bond donors (Lipinski definition) is 2. The molecule has 0 atom stereocenters. The lowest BCUT2D eigenvalue weighted by molar-refractivity contribution is 0.151. The van der Waals surface area contributed by atoms with Crippen molar-refractivity contribution in [2.75, 3.05) is 0 Å². The highest BCUT2D eigenvalue weighted by Gasteiger charge is 2.42. The van der Waals surface area contributed by atoms with Crippen LogP contribution in [0.4, 0.5) is 4.39 Å². The average molecular weight is 247 g/mol. The highest BCUT2D eigenvalue weighted by atomic mass is 79.9. The summed E-state index contributed by atoms with van der Waals surface area (Å²) >= 11 is 2.97. The summed E-state index contributed by atoms with van der Waals surface area (Å²) in [6.45, 7) is 0. The van der Waals surface area contributed by atoms with E-state index >= 15 is 0 Å². The summed E-state index contributed by atoms with van der Waals surface area (Å²) in [7, 11) is 0. The maximum Gasteiger partial charge on any atom is 0.178 e. The Morgan fingerprint density at radius 2 is 2.00 bits per heavy atom. The van der Waals surface area contributed by atoms with Crippen molar-refractivity contribution in [3.63, 3.8) is 0 Å². The Labute approximate surface area is 83.1 Å². The molecule has 0 unspecified atom stereocenters. The molecule has 4 heteroatoms. The Hall–Kier alpha value is -0.610. The van der Waals surface area contributed by atoms with Gasteiger partial charge < -0.3 is 10.2 Å². The number of aliphatic hydroxyl groups is 1. The van der Waals surface area contributed by atoms with Crippen LogP contribution in [-0.4, -0.2) is 10.2 Å². The fraction of sp³-hybridized carbons (Fsp3) is 0.333. The van der Waals surface area contributed by atoms with E-state index in [-0.39, 0.29) is 4.47 Å². The zero-order valence-corrected chi connectivity index (χ0v) is 8.31. The minimum atomic E-state index is -0.840. The molecular weight excluding hydrogens is 239 g/mol. The summed E-state index contributed by atoms with van der Waals surface area (Å²) < 4.78 is 13.1. The zero-order chi connectivity index (χ0) is 9.64. The summed E-state index contributed by atoms with van der Waals surface area (Å²) in [6.07, 6.45) is 1.34. The van der Waals surface area contributed by atoms with E-state index < -0.39 is 17.2 Å². The van der Waals surface area contributed by atoms with Gasteiger partial charge in [-0.3, -0.25) is 0 Å². The van der Waals surface area contributed by atoms with Crippen LogP contribution in [0.15, 0.2) is 16.6 Å². The first-order valence-corrected chi connectivity index (χ1v) is 4.73. The van der Waals surface area contributed by atoms with Crippen LogP contribution in [-0.2, 0) is 5.60 Å². The Balaban J connectivity index is 2.50. The molecule has 0 spiro atoms. The van der Waals surface area contributed by atoms with E-state index in [1.807, 2.05) is 0 Å². The molecule has 0 aliphatic heterocycles. The Morgan fingerprint density at radius 3 is 2.46 bits per heavy atom. The van der Waals surface area contributed by atoms with Gasteiger partial charge in [-0.2, -0.15) is 0 Å². The van der Waals surface area contributed by atoms with Gasteiger partial charge in [0.2, 0.25) is 0 Å². The van der Waals surface area contributed by atoms with Crippen LogP contribution in [0, 0.1) is 5.82 Å². The number of hydrogen-bond acceptors (Lipinski definition) is 2. The minimum Gasteiger partial charge on any atom is -0.505 e. The third-order valence-corrected chi connectivity index (χ3v) is 2.85. The summed E-state index contributed by atoms with van der Waals surface area (Å²) in [5.74, 6) is -1.11. The van der Waals surface area contributed by atoms with Crippen molar-refractivity contribution in [1.82, 2.24) is 0 Å². The SMILES string of the molecule is Oc1cc(C2(O)CC2)cc(Br)c1F. The number of phenols is 1. The first-order chi connectivity index (χ1) is 6.03. The van der Waals surface area contributed by atoms with Crippen molar-refractivity contribution in [2.24, 2.45) is 0 Å². The van der Waals surface area contributed by atoms with Crippen molar-refractivity contribution >= 4 is 15.9 Å². The average Bonchev–Trinajstić information content (AvgIpc) is 2.80. The molecule has 0 amide bonds. The van der Waals surface area contributed by atoms with E-state index in [1.165, 1.54) is 12.1 Å². The molecule has 1 aliphatic carbocycles. The summed E-state index contributed by atoms with van der Waals surface area (Å²) in [5, 5.41) is 18.8. The van der Waals surface area contributed by atoms with Crippen LogP contribution in [0.5, 0.6) is 5.75 Å². The quantitative estimate of drug-likeness (QED) is 0.799. The van der Waals surface area contributed by atoms with Gasteiger partial charge in [-0.15, -0.1) is 0 Å². The fourth-order valence-electron chi connectivity index (χ4n) is 1.25. The number of benzene rings is 1. The predicted octanol–water partition coefficient (Wildman–Crippen LogP) is 2.28. The van der Waals surface area contributed by atoms with Gasteiger partial charge in [-0.1, -0.05) is 0 Å². The normalized spacial score (nSPS) is 18.7. The molecule has 1 fully saturated rings. The van der Waals surface area contributed by atoms with Gasteiger partial charge >= 0.3 is 0 Å². The second kappa shape index (κ2) is 2.69. The van der Waals surface area contributed by atoms with Gasteiger partial charge in [0.15, 0.2) is 11.6 Å². The van der Waals surface area contributed by atoms with E-state index in [0.29, 0.717) is 18.4 Å². The lowest BCUT2D eigenvalue weighted by Gasteiger charge is -2.09. The minimum absolute atomic E-state index is 0.183. The smallest absolute Gasteiger partial charge is 0.178 e. The van der Waals surface area contributed by atoms with Crippen LogP contribution in [0.2, 0.25) is 0 Å². The maximum absolute atomic E-state index is 12.9. The summed E-state index contributed by atoms with van der Waals surface area (Å²) in [5.41, 5.74) is -0.272. The molecule has 0 saturated heterocycles. The van der Waals surface area contributed by atoms with Crippen molar-refractivity contribution in [3.8, 4) is 5.75 Å². The predicted molar refractivity (Wildman–Crippen MR) is 48.9 cm³/mol. The summed E-state index contributed by atoms with van der Waals surface area (Å²) in [4.78, 5) is 0. The third-order valence-electron chi connectivity index (χ3n) is 2.27. The molecule has 0 aromatic heterocycles. The van der Waals surface area contributed by atoms with Crippen LogP contribution >= 0.6 is 15.9 Å². The van der Waals surface area contributed by atoms with Gasteiger partial charge in [-0.25, -0.2) is 4.39 Å². The number of aromatic hydroxyl groups is 1. The van der Waals surface area contributed by atoms with Gasteiger partial charge in [0.25, 0.3) is 0 Å². The Bertz CT molecular complexity index is 338. The van der Waals surface area contributed by atoms with Crippen molar-refractivity contribution in [1.29, 1.82) is 0 Å².